The molecule has 5 heteroatoms. The van der Waals surface area contributed by atoms with Gasteiger partial charge in [0.15, 0.2) is 6.10 Å². The summed E-state index contributed by atoms with van der Waals surface area (Å²) in [5.41, 5.74) is 1.33. The number of halogens is 1. The van der Waals surface area contributed by atoms with E-state index in [9.17, 15) is 9.90 Å². The van der Waals surface area contributed by atoms with Gasteiger partial charge in [0.25, 0.3) is 5.91 Å². The molecule has 22 heavy (non-hydrogen) atoms. The molecule has 0 aliphatic heterocycles. The predicted octanol–water partition coefficient (Wildman–Crippen LogP) is 3.04. The van der Waals surface area contributed by atoms with Crippen LogP contribution >= 0.6 is 11.6 Å². The lowest BCUT2D eigenvalue weighted by Gasteiger charge is -2.21. The number of carbonyl (C=O) groups excluding carboxylic acids is 1. The maximum atomic E-state index is 12.4. The predicted molar refractivity (Wildman–Crippen MR) is 85.9 cm³/mol. The summed E-state index contributed by atoms with van der Waals surface area (Å²) >= 11 is 6.09. The molecular formula is C17H18ClNO3. The molecule has 1 unspecified atom stereocenters. The smallest absolute Gasteiger partial charge is 0.256 e. The number of hydrogen-bond donors (Lipinski definition) is 1. The number of hydrogen-bond acceptors (Lipinski definition) is 3. The Morgan fingerprint density at radius 2 is 2.00 bits per heavy atom. The van der Waals surface area contributed by atoms with Crippen LogP contribution < -0.4 is 4.74 Å². The minimum atomic E-state index is -1.23. The number of aliphatic hydroxyl groups is 1. The molecule has 2 rings (SSSR count). The van der Waals surface area contributed by atoms with Gasteiger partial charge in [0.2, 0.25) is 0 Å². The second-order valence-electron chi connectivity index (χ2n) is 4.96. The molecule has 0 aromatic heterocycles. The molecule has 0 fully saturated rings. The van der Waals surface area contributed by atoms with E-state index in [2.05, 4.69) is 0 Å². The highest BCUT2D eigenvalue weighted by Crippen LogP contribution is 2.22. The van der Waals surface area contributed by atoms with Gasteiger partial charge in [0.05, 0.1) is 7.11 Å². The minimum absolute atomic E-state index is 0.333. The maximum absolute atomic E-state index is 12.4. The maximum Gasteiger partial charge on any atom is 0.256 e. The van der Waals surface area contributed by atoms with Gasteiger partial charge in [0.1, 0.15) is 5.75 Å². The first kappa shape index (κ1) is 16.3. The molecule has 2 aromatic rings. The number of rotatable bonds is 5. The fraction of sp³-hybridized carbons (Fsp3) is 0.235. The highest BCUT2D eigenvalue weighted by Gasteiger charge is 2.22. The number of aliphatic hydroxyl groups excluding tert-OH is 1. The van der Waals surface area contributed by atoms with Crippen molar-refractivity contribution in [2.24, 2.45) is 0 Å². The lowest BCUT2D eigenvalue weighted by atomic mass is 10.1. The quantitative estimate of drug-likeness (QED) is 0.921. The van der Waals surface area contributed by atoms with E-state index in [-0.39, 0.29) is 0 Å². The van der Waals surface area contributed by atoms with E-state index in [1.165, 1.54) is 12.0 Å². The lowest BCUT2D eigenvalue weighted by molar-refractivity contribution is -0.139. The zero-order chi connectivity index (χ0) is 16.1. The summed E-state index contributed by atoms with van der Waals surface area (Å²) in [6.07, 6.45) is -1.23. The highest BCUT2D eigenvalue weighted by atomic mass is 35.5. The third kappa shape index (κ3) is 3.78. The molecule has 0 aliphatic carbocycles. The van der Waals surface area contributed by atoms with Crippen molar-refractivity contribution < 1.29 is 14.6 Å². The molecule has 116 valence electrons. The molecule has 1 amide bonds. The van der Waals surface area contributed by atoms with Gasteiger partial charge in [-0.2, -0.15) is 0 Å². The Morgan fingerprint density at radius 1 is 1.27 bits per heavy atom. The summed E-state index contributed by atoms with van der Waals surface area (Å²) in [6, 6.07) is 14.1. The summed E-state index contributed by atoms with van der Waals surface area (Å²) < 4.78 is 5.10. The van der Waals surface area contributed by atoms with Crippen molar-refractivity contribution in [2.45, 2.75) is 12.6 Å². The molecule has 0 bridgehead atoms. The fourth-order valence-corrected chi connectivity index (χ4v) is 2.32. The number of benzene rings is 2. The van der Waals surface area contributed by atoms with Crippen molar-refractivity contribution >= 4 is 17.5 Å². The number of methoxy groups -OCH3 is 1. The molecule has 1 N–H and O–H groups in total. The molecule has 0 aliphatic rings. The van der Waals surface area contributed by atoms with Gasteiger partial charge in [-0.25, -0.2) is 0 Å². The van der Waals surface area contributed by atoms with Gasteiger partial charge in [0, 0.05) is 18.6 Å². The molecule has 0 radical (unpaired) electrons. The molecule has 4 nitrogen and oxygen atoms in total. The molecule has 0 saturated heterocycles. The van der Waals surface area contributed by atoms with Crippen LogP contribution in [0.15, 0.2) is 48.5 Å². The Kier molecular flexibility index (Phi) is 5.41. The zero-order valence-electron chi connectivity index (χ0n) is 12.5. The monoisotopic (exact) mass is 319 g/mol. The van der Waals surface area contributed by atoms with Gasteiger partial charge >= 0.3 is 0 Å². The average Bonchev–Trinajstić information content (AvgIpc) is 2.55. The number of likely N-dealkylation sites (N-methyl/N-ethyl adjacent to an activating group) is 1. The average molecular weight is 320 g/mol. The van der Waals surface area contributed by atoms with Gasteiger partial charge in [-0.05, 0) is 29.3 Å². The first-order valence-electron chi connectivity index (χ1n) is 6.83. The van der Waals surface area contributed by atoms with Crippen LogP contribution in [0.4, 0.5) is 0 Å². The van der Waals surface area contributed by atoms with E-state index in [0.717, 1.165) is 5.56 Å². The first-order chi connectivity index (χ1) is 10.5. The van der Waals surface area contributed by atoms with Crippen LogP contribution in [0.25, 0.3) is 0 Å². The van der Waals surface area contributed by atoms with Gasteiger partial charge in [-0.15, -0.1) is 0 Å². The Balaban J connectivity index is 2.11. The van der Waals surface area contributed by atoms with Crippen LogP contribution in [-0.4, -0.2) is 30.1 Å². The van der Waals surface area contributed by atoms with E-state index < -0.39 is 12.0 Å². The van der Waals surface area contributed by atoms with Crippen molar-refractivity contribution in [1.82, 2.24) is 4.90 Å². The van der Waals surface area contributed by atoms with E-state index >= 15 is 0 Å². The van der Waals surface area contributed by atoms with Crippen molar-refractivity contribution in [3.63, 3.8) is 0 Å². The van der Waals surface area contributed by atoms with E-state index in [0.29, 0.717) is 22.9 Å². The van der Waals surface area contributed by atoms with E-state index in [1.54, 1.807) is 37.4 Å². The van der Waals surface area contributed by atoms with Crippen LogP contribution in [0.1, 0.15) is 17.2 Å². The molecule has 0 heterocycles. The number of carbonyl (C=O) groups is 1. The van der Waals surface area contributed by atoms with Crippen LogP contribution in [0, 0.1) is 0 Å². The summed E-state index contributed by atoms with van der Waals surface area (Å²) in [4.78, 5) is 13.8. The normalized spacial score (nSPS) is 11.8. The largest absolute Gasteiger partial charge is 0.497 e. The van der Waals surface area contributed by atoms with Gasteiger partial charge in [-0.1, -0.05) is 41.9 Å². The van der Waals surface area contributed by atoms with Crippen molar-refractivity contribution in [3.8, 4) is 5.75 Å². The molecule has 0 saturated carbocycles. The van der Waals surface area contributed by atoms with Crippen molar-refractivity contribution in [1.29, 1.82) is 0 Å². The summed E-state index contributed by atoms with van der Waals surface area (Å²) in [6.45, 7) is 0.333. The van der Waals surface area contributed by atoms with Crippen LogP contribution in [0.5, 0.6) is 5.75 Å². The molecule has 0 spiro atoms. The minimum Gasteiger partial charge on any atom is -0.497 e. The number of amides is 1. The van der Waals surface area contributed by atoms with Crippen molar-refractivity contribution in [3.05, 3.63) is 64.7 Å². The fourth-order valence-electron chi connectivity index (χ4n) is 2.12. The second kappa shape index (κ2) is 7.29. The Labute approximate surface area is 134 Å². The zero-order valence-corrected chi connectivity index (χ0v) is 13.2. The van der Waals surface area contributed by atoms with Crippen LogP contribution in [-0.2, 0) is 11.3 Å². The van der Waals surface area contributed by atoms with Gasteiger partial charge in [-0.3, -0.25) is 4.79 Å². The summed E-state index contributed by atoms with van der Waals surface area (Å²) in [7, 11) is 3.17. The van der Waals surface area contributed by atoms with Crippen LogP contribution in [0.3, 0.4) is 0 Å². The standard InChI is InChI=1S/C17H18ClNO3/c1-19(11-13-6-3-4-9-15(13)18)17(21)16(20)12-7-5-8-14(10-12)22-2/h3-10,16,20H,11H2,1-2H3. The van der Waals surface area contributed by atoms with E-state index in [4.69, 9.17) is 16.3 Å². The third-order valence-corrected chi connectivity index (χ3v) is 3.75. The second-order valence-corrected chi connectivity index (χ2v) is 5.37. The SMILES string of the molecule is COc1cccc(C(O)C(=O)N(C)Cc2ccccc2Cl)c1. The van der Waals surface area contributed by atoms with Gasteiger partial charge < -0.3 is 14.7 Å². The summed E-state index contributed by atoms with van der Waals surface area (Å²) in [5.74, 6) is 0.200. The van der Waals surface area contributed by atoms with Crippen molar-refractivity contribution in [2.75, 3.05) is 14.2 Å². The number of ether oxygens (including phenoxy) is 1. The lowest BCUT2D eigenvalue weighted by Crippen LogP contribution is -2.31. The Bertz CT molecular complexity index is 660. The number of nitrogens with zero attached hydrogens (tertiary/aromatic N) is 1. The molecule has 2 aromatic carbocycles. The summed E-state index contributed by atoms with van der Waals surface area (Å²) in [5, 5.41) is 10.8. The van der Waals surface area contributed by atoms with E-state index in [1.807, 2.05) is 18.2 Å². The first-order valence-corrected chi connectivity index (χ1v) is 7.21. The third-order valence-electron chi connectivity index (χ3n) is 3.39. The highest BCUT2D eigenvalue weighted by molar-refractivity contribution is 6.31. The van der Waals surface area contributed by atoms with Crippen LogP contribution in [0.2, 0.25) is 5.02 Å². The molecule has 1 atom stereocenters. The topological polar surface area (TPSA) is 49.8 Å². The Hall–Kier alpha value is -2.04. The molecular weight excluding hydrogens is 302 g/mol. The Morgan fingerprint density at radius 3 is 2.68 bits per heavy atom.